The summed E-state index contributed by atoms with van der Waals surface area (Å²) in [4.78, 5) is 0. The van der Waals surface area contributed by atoms with Crippen molar-refractivity contribution in [2.24, 2.45) is 0 Å². The van der Waals surface area contributed by atoms with Crippen molar-refractivity contribution in [2.45, 2.75) is 65.3 Å². The molecule has 21 heavy (non-hydrogen) atoms. The highest BCUT2D eigenvalue weighted by molar-refractivity contribution is 6.60. The molecule has 0 aliphatic rings. The number of ether oxygens (including phenoxy) is 1. The van der Waals surface area contributed by atoms with E-state index in [1.807, 2.05) is 26.8 Å². The van der Waals surface area contributed by atoms with Gasteiger partial charge in [-0.25, -0.2) is 0 Å². The zero-order valence-electron chi connectivity index (χ0n) is 14.1. The first kappa shape index (κ1) is 18.0. The largest absolute Gasteiger partial charge is 0.491 e. The van der Waals surface area contributed by atoms with Crippen molar-refractivity contribution in [3.05, 3.63) is 24.3 Å². The Kier molecular flexibility index (Phi) is 5.14. The summed E-state index contributed by atoms with van der Waals surface area (Å²) in [5.41, 5.74) is -1.69. The molecule has 0 bridgehead atoms. The third kappa shape index (κ3) is 5.34. The minimum absolute atomic E-state index is 0.309. The average molecular weight is 294 g/mol. The van der Waals surface area contributed by atoms with E-state index >= 15 is 0 Å². The van der Waals surface area contributed by atoms with E-state index in [2.05, 4.69) is 0 Å². The molecule has 0 fully saturated rings. The summed E-state index contributed by atoms with van der Waals surface area (Å²) in [6.45, 7) is 12.7. The molecular weight excluding hydrogens is 267 g/mol. The number of aliphatic hydroxyl groups is 1. The molecule has 5 heteroatoms. The Morgan fingerprint density at radius 3 is 2.05 bits per heavy atom. The van der Waals surface area contributed by atoms with Crippen LogP contribution in [0.2, 0.25) is 0 Å². The summed E-state index contributed by atoms with van der Waals surface area (Å²) >= 11 is 0. The standard InChI is InChI=1S/C16H27BO4/c1-14(2,3)20-13-10-8-9-12(11-13)17(19)21-16(6,7)15(4,5)18/h8-11,18-19H,1-7H3. The zero-order chi connectivity index (χ0) is 16.5. The Labute approximate surface area is 128 Å². The lowest BCUT2D eigenvalue weighted by Gasteiger charge is -2.38. The fourth-order valence-corrected chi connectivity index (χ4v) is 1.58. The van der Waals surface area contributed by atoms with Crippen LogP contribution in [0.3, 0.4) is 0 Å². The third-order valence-electron chi connectivity index (χ3n) is 3.45. The predicted octanol–water partition coefficient (Wildman–Crippen LogP) is 2.12. The van der Waals surface area contributed by atoms with E-state index in [4.69, 9.17) is 9.39 Å². The van der Waals surface area contributed by atoms with Crippen molar-refractivity contribution in [1.82, 2.24) is 0 Å². The summed E-state index contributed by atoms with van der Waals surface area (Å²) in [5, 5.41) is 20.3. The van der Waals surface area contributed by atoms with Crippen LogP contribution in [-0.2, 0) is 4.65 Å². The Bertz CT molecular complexity index is 472. The molecule has 0 aliphatic heterocycles. The van der Waals surface area contributed by atoms with Gasteiger partial charge in [0.15, 0.2) is 0 Å². The van der Waals surface area contributed by atoms with Gasteiger partial charge in [0.25, 0.3) is 0 Å². The normalized spacial score (nSPS) is 13.2. The van der Waals surface area contributed by atoms with Gasteiger partial charge in [0.2, 0.25) is 0 Å². The van der Waals surface area contributed by atoms with Crippen LogP contribution in [0.4, 0.5) is 0 Å². The van der Waals surface area contributed by atoms with Crippen LogP contribution in [0.15, 0.2) is 24.3 Å². The minimum Gasteiger partial charge on any atom is -0.488 e. The van der Waals surface area contributed by atoms with Crippen molar-refractivity contribution < 1.29 is 19.5 Å². The van der Waals surface area contributed by atoms with E-state index in [1.165, 1.54) is 0 Å². The molecule has 0 radical (unpaired) electrons. The molecule has 0 spiro atoms. The first-order chi connectivity index (χ1) is 9.32. The Balaban J connectivity index is 2.89. The Hall–Kier alpha value is -1.04. The van der Waals surface area contributed by atoms with Gasteiger partial charge in [-0.3, -0.25) is 0 Å². The van der Waals surface area contributed by atoms with E-state index in [0.717, 1.165) is 0 Å². The van der Waals surface area contributed by atoms with Gasteiger partial charge in [-0.05, 0) is 66.1 Å². The van der Waals surface area contributed by atoms with E-state index < -0.39 is 18.3 Å². The molecule has 0 aromatic heterocycles. The smallest absolute Gasteiger partial charge is 0.488 e. The lowest BCUT2D eigenvalue weighted by atomic mass is 9.76. The Morgan fingerprint density at radius 1 is 1.00 bits per heavy atom. The minimum atomic E-state index is -1.13. The highest BCUT2D eigenvalue weighted by atomic mass is 16.5. The molecule has 0 aliphatic carbocycles. The van der Waals surface area contributed by atoms with Crippen molar-refractivity contribution in [2.75, 3.05) is 0 Å². The zero-order valence-corrected chi connectivity index (χ0v) is 14.1. The lowest BCUT2D eigenvalue weighted by Crippen LogP contribution is -2.53. The number of hydrogen-bond acceptors (Lipinski definition) is 4. The predicted molar refractivity (Wildman–Crippen MR) is 85.9 cm³/mol. The van der Waals surface area contributed by atoms with Crippen molar-refractivity contribution in [3.8, 4) is 5.75 Å². The molecule has 1 aromatic carbocycles. The van der Waals surface area contributed by atoms with Crippen molar-refractivity contribution >= 4 is 12.6 Å². The first-order valence-electron chi connectivity index (χ1n) is 7.19. The molecular formula is C16H27BO4. The molecule has 118 valence electrons. The molecule has 0 atom stereocenters. The van der Waals surface area contributed by atoms with Gasteiger partial charge in [-0.1, -0.05) is 12.1 Å². The van der Waals surface area contributed by atoms with Gasteiger partial charge in [0.05, 0.1) is 11.2 Å². The second-order valence-electron chi connectivity index (χ2n) is 7.33. The highest BCUT2D eigenvalue weighted by Gasteiger charge is 2.39. The topological polar surface area (TPSA) is 58.9 Å². The van der Waals surface area contributed by atoms with Gasteiger partial charge >= 0.3 is 7.12 Å². The molecule has 1 aromatic rings. The second kappa shape index (κ2) is 5.99. The summed E-state index contributed by atoms with van der Waals surface area (Å²) in [5.74, 6) is 0.670. The summed E-state index contributed by atoms with van der Waals surface area (Å²) in [7, 11) is -1.13. The number of benzene rings is 1. The van der Waals surface area contributed by atoms with E-state index in [0.29, 0.717) is 11.2 Å². The summed E-state index contributed by atoms with van der Waals surface area (Å²) in [6.07, 6.45) is 0. The third-order valence-corrected chi connectivity index (χ3v) is 3.45. The summed E-state index contributed by atoms with van der Waals surface area (Å²) in [6, 6.07) is 7.15. The van der Waals surface area contributed by atoms with Gasteiger partial charge in [0.1, 0.15) is 11.4 Å². The van der Waals surface area contributed by atoms with Crippen LogP contribution in [0.25, 0.3) is 0 Å². The van der Waals surface area contributed by atoms with Crippen LogP contribution in [0, 0.1) is 0 Å². The molecule has 0 unspecified atom stereocenters. The maximum Gasteiger partial charge on any atom is 0.491 e. The molecule has 1 rings (SSSR count). The number of hydrogen-bond donors (Lipinski definition) is 2. The van der Waals surface area contributed by atoms with Crippen LogP contribution in [0.5, 0.6) is 5.75 Å². The molecule has 0 saturated heterocycles. The average Bonchev–Trinajstić information content (AvgIpc) is 2.24. The maximum absolute atomic E-state index is 10.3. The van der Waals surface area contributed by atoms with Crippen molar-refractivity contribution in [1.29, 1.82) is 0 Å². The highest BCUT2D eigenvalue weighted by Crippen LogP contribution is 2.25. The van der Waals surface area contributed by atoms with E-state index in [1.54, 1.807) is 45.9 Å². The van der Waals surface area contributed by atoms with Gasteiger partial charge in [0, 0.05) is 0 Å². The molecule has 0 saturated carbocycles. The van der Waals surface area contributed by atoms with Gasteiger partial charge in [-0.2, -0.15) is 0 Å². The molecule has 0 amide bonds. The van der Waals surface area contributed by atoms with Crippen LogP contribution in [-0.4, -0.2) is 34.1 Å². The SMILES string of the molecule is CC(C)(C)Oc1cccc(B(O)OC(C)(C)C(C)(C)O)c1. The Morgan fingerprint density at radius 2 is 1.57 bits per heavy atom. The fourth-order valence-electron chi connectivity index (χ4n) is 1.58. The molecule has 0 heterocycles. The fraction of sp³-hybridized carbons (Fsp3) is 0.625. The maximum atomic E-state index is 10.3. The molecule has 2 N–H and O–H groups in total. The number of rotatable bonds is 5. The second-order valence-corrected chi connectivity index (χ2v) is 7.33. The lowest BCUT2D eigenvalue weighted by molar-refractivity contribution is -0.0982. The van der Waals surface area contributed by atoms with Crippen molar-refractivity contribution in [3.63, 3.8) is 0 Å². The van der Waals surface area contributed by atoms with Gasteiger partial charge < -0.3 is 19.5 Å². The first-order valence-corrected chi connectivity index (χ1v) is 7.19. The van der Waals surface area contributed by atoms with E-state index in [9.17, 15) is 10.1 Å². The summed E-state index contributed by atoms with van der Waals surface area (Å²) < 4.78 is 11.4. The monoisotopic (exact) mass is 294 g/mol. The quantitative estimate of drug-likeness (QED) is 0.817. The van der Waals surface area contributed by atoms with Crippen LogP contribution in [0.1, 0.15) is 48.5 Å². The molecule has 4 nitrogen and oxygen atoms in total. The van der Waals surface area contributed by atoms with Gasteiger partial charge in [-0.15, -0.1) is 0 Å². The van der Waals surface area contributed by atoms with Crippen LogP contribution >= 0.6 is 0 Å². The van der Waals surface area contributed by atoms with E-state index in [-0.39, 0.29) is 5.60 Å². The van der Waals surface area contributed by atoms with Crippen LogP contribution < -0.4 is 10.2 Å².